The van der Waals surface area contributed by atoms with Gasteiger partial charge in [-0.1, -0.05) is 36.4 Å². The van der Waals surface area contributed by atoms with Crippen LogP contribution in [-0.2, 0) is 11.2 Å². The minimum atomic E-state index is -0.0593. The normalized spacial score (nSPS) is 15.0. The van der Waals surface area contributed by atoms with E-state index >= 15 is 0 Å². The topological polar surface area (TPSA) is 55.4 Å². The van der Waals surface area contributed by atoms with Crippen molar-refractivity contribution in [3.05, 3.63) is 66.2 Å². The van der Waals surface area contributed by atoms with Gasteiger partial charge in [-0.2, -0.15) is 0 Å². The van der Waals surface area contributed by atoms with Gasteiger partial charge < -0.3 is 10.1 Å². The van der Waals surface area contributed by atoms with Crippen molar-refractivity contribution in [1.29, 1.82) is 0 Å². The molecule has 0 saturated carbocycles. The minimum absolute atomic E-state index is 0.0144. The number of amides is 1. The van der Waals surface area contributed by atoms with Crippen LogP contribution in [0.3, 0.4) is 0 Å². The molecular formula is C22H23NO3. The largest absolute Gasteiger partial charge is 0.488 e. The molecule has 26 heavy (non-hydrogen) atoms. The lowest BCUT2D eigenvalue weighted by molar-refractivity contribution is -0.121. The van der Waals surface area contributed by atoms with Gasteiger partial charge in [0.2, 0.25) is 5.91 Å². The number of benzene rings is 2. The highest BCUT2D eigenvalue weighted by molar-refractivity contribution is 6.00. The Kier molecular flexibility index (Phi) is 5.52. The number of allylic oxidation sites excluding steroid dienone is 1. The molecule has 0 spiro atoms. The highest BCUT2D eigenvalue weighted by Crippen LogP contribution is 2.34. The maximum absolute atomic E-state index is 11.9. The van der Waals surface area contributed by atoms with Crippen molar-refractivity contribution < 1.29 is 14.3 Å². The second-order valence-electron chi connectivity index (χ2n) is 6.50. The Bertz CT molecular complexity index is 841. The smallest absolute Gasteiger partial charge is 0.220 e. The van der Waals surface area contributed by atoms with E-state index in [1.807, 2.05) is 36.4 Å². The first-order chi connectivity index (χ1) is 12.6. The molecule has 0 radical (unpaired) electrons. The molecule has 0 aliphatic carbocycles. The lowest BCUT2D eigenvalue weighted by atomic mass is 9.95. The molecule has 1 aliphatic rings. The first-order valence-corrected chi connectivity index (χ1v) is 8.86. The molecule has 1 N–H and O–H groups in total. The molecular weight excluding hydrogens is 326 g/mol. The number of carbonyl (C=O) groups is 2. The summed E-state index contributed by atoms with van der Waals surface area (Å²) in [6, 6.07) is 13.6. The fourth-order valence-electron chi connectivity index (χ4n) is 3.19. The Morgan fingerprint density at radius 1 is 1.27 bits per heavy atom. The van der Waals surface area contributed by atoms with E-state index in [4.69, 9.17) is 4.74 Å². The number of carbonyl (C=O) groups excluding carboxylic acids is 2. The number of fused-ring (bicyclic) bond motifs is 1. The number of Topliss-reactive ketones (excluding diaryl/α,β-unsaturated/α-hetero) is 1. The standard InChI is InChI=1S/C22H23NO3/c1-3-4-9-22(25)23-14-18-13-17-12-16(10-11-21(17)26-18)20-8-6-5-7-19(20)15(2)24/h3,5-8,10-12,18H,1,4,9,13-14H2,2H3,(H,23,25)/t18-/m1/s1. The Balaban J connectivity index is 1.70. The van der Waals surface area contributed by atoms with Crippen LogP contribution >= 0.6 is 0 Å². The highest BCUT2D eigenvalue weighted by atomic mass is 16.5. The Hall–Kier alpha value is -2.88. The molecule has 4 nitrogen and oxygen atoms in total. The van der Waals surface area contributed by atoms with E-state index in [0.717, 1.165) is 34.4 Å². The third-order valence-corrected chi connectivity index (χ3v) is 4.52. The Morgan fingerprint density at radius 2 is 2.08 bits per heavy atom. The van der Waals surface area contributed by atoms with Crippen LogP contribution in [0.25, 0.3) is 11.1 Å². The highest BCUT2D eigenvalue weighted by Gasteiger charge is 2.24. The maximum atomic E-state index is 11.9. The van der Waals surface area contributed by atoms with Crippen molar-refractivity contribution in [3.63, 3.8) is 0 Å². The number of rotatable bonds is 7. The molecule has 0 unspecified atom stereocenters. The molecule has 1 amide bonds. The number of hydrogen-bond donors (Lipinski definition) is 1. The number of hydrogen-bond acceptors (Lipinski definition) is 3. The van der Waals surface area contributed by atoms with E-state index in [0.29, 0.717) is 19.4 Å². The molecule has 0 fully saturated rings. The molecule has 0 saturated heterocycles. The molecule has 4 heteroatoms. The van der Waals surface area contributed by atoms with Crippen LogP contribution < -0.4 is 10.1 Å². The van der Waals surface area contributed by atoms with Gasteiger partial charge in [-0.15, -0.1) is 6.58 Å². The van der Waals surface area contributed by atoms with Gasteiger partial charge in [-0.25, -0.2) is 0 Å². The summed E-state index contributed by atoms with van der Waals surface area (Å²) < 4.78 is 5.93. The first kappa shape index (κ1) is 17.9. The van der Waals surface area contributed by atoms with Crippen LogP contribution in [-0.4, -0.2) is 24.3 Å². The summed E-state index contributed by atoms with van der Waals surface area (Å²) in [6.07, 6.45) is 3.55. The summed E-state index contributed by atoms with van der Waals surface area (Å²) in [5.41, 5.74) is 3.77. The van der Waals surface area contributed by atoms with Gasteiger partial charge in [0.05, 0.1) is 6.54 Å². The summed E-state index contributed by atoms with van der Waals surface area (Å²) >= 11 is 0. The zero-order valence-corrected chi connectivity index (χ0v) is 15.0. The summed E-state index contributed by atoms with van der Waals surface area (Å²) in [4.78, 5) is 23.6. The van der Waals surface area contributed by atoms with Crippen molar-refractivity contribution in [2.24, 2.45) is 0 Å². The SMILES string of the molecule is C=CCCC(=O)NC[C@H]1Cc2cc(-c3ccccc3C(C)=O)ccc2O1. The molecule has 1 heterocycles. The third kappa shape index (κ3) is 4.02. The van der Waals surface area contributed by atoms with Gasteiger partial charge in [0.25, 0.3) is 0 Å². The summed E-state index contributed by atoms with van der Waals surface area (Å²) in [6.45, 7) is 5.70. The van der Waals surface area contributed by atoms with Crippen molar-refractivity contribution in [3.8, 4) is 16.9 Å². The second-order valence-corrected chi connectivity index (χ2v) is 6.50. The zero-order chi connectivity index (χ0) is 18.5. The Labute approximate surface area is 153 Å². The summed E-state index contributed by atoms with van der Waals surface area (Å²) in [5.74, 6) is 0.914. The number of nitrogens with one attached hydrogen (secondary N) is 1. The fraction of sp³-hybridized carbons (Fsp3) is 0.273. The molecule has 3 rings (SSSR count). The van der Waals surface area contributed by atoms with Crippen LogP contribution in [0, 0.1) is 0 Å². The molecule has 1 atom stereocenters. The van der Waals surface area contributed by atoms with E-state index in [9.17, 15) is 9.59 Å². The van der Waals surface area contributed by atoms with Crippen molar-refractivity contribution in [1.82, 2.24) is 5.32 Å². The predicted octanol–water partition coefficient (Wildman–Crippen LogP) is 3.94. The molecule has 0 bridgehead atoms. The van der Waals surface area contributed by atoms with Crippen LogP contribution in [0.1, 0.15) is 35.7 Å². The van der Waals surface area contributed by atoms with E-state index in [1.54, 1.807) is 13.0 Å². The third-order valence-electron chi connectivity index (χ3n) is 4.52. The molecule has 2 aromatic rings. The van der Waals surface area contributed by atoms with Crippen LogP contribution in [0.2, 0.25) is 0 Å². The van der Waals surface area contributed by atoms with Gasteiger partial charge in [0.1, 0.15) is 11.9 Å². The Morgan fingerprint density at radius 3 is 2.85 bits per heavy atom. The van der Waals surface area contributed by atoms with Crippen LogP contribution in [0.5, 0.6) is 5.75 Å². The predicted molar refractivity (Wildman–Crippen MR) is 102 cm³/mol. The quantitative estimate of drug-likeness (QED) is 0.608. The van der Waals surface area contributed by atoms with Crippen LogP contribution in [0.4, 0.5) is 0 Å². The monoisotopic (exact) mass is 349 g/mol. The van der Waals surface area contributed by atoms with E-state index in [1.165, 1.54) is 0 Å². The van der Waals surface area contributed by atoms with Gasteiger partial charge in [0.15, 0.2) is 5.78 Å². The fourth-order valence-corrected chi connectivity index (χ4v) is 3.19. The van der Waals surface area contributed by atoms with Crippen molar-refractivity contribution in [2.45, 2.75) is 32.3 Å². The van der Waals surface area contributed by atoms with Gasteiger partial charge in [0, 0.05) is 18.4 Å². The zero-order valence-electron chi connectivity index (χ0n) is 15.0. The van der Waals surface area contributed by atoms with E-state index in [2.05, 4.69) is 18.0 Å². The average Bonchev–Trinajstić information content (AvgIpc) is 3.06. The van der Waals surface area contributed by atoms with Crippen molar-refractivity contribution >= 4 is 11.7 Å². The lowest BCUT2D eigenvalue weighted by Crippen LogP contribution is -2.34. The van der Waals surface area contributed by atoms with Crippen LogP contribution in [0.15, 0.2) is 55.1 Å². The van der Waals surface area contributed by atoms with Gasteiger partial charge in [-0.05, 0) is 42.2 Å². The number of ketones is 1. The van der Waals surface area contributed by atoms with E-state index in [-0.39, 0.29) is 17.8 Å². The summed E-state index contributed by atoms with van der Waals surface area (Å²) in [7, 11) is 0. The first-order valence-electron chi connectivity index (χ1n) is 8.86. The second kappa shape index (κ2) is 8.00. The molecule has 0 aromatic heterocycles. The number of ether oxygens (including phenoxy) is 1. The summed E-state index contributed by atoms with van der Waals surface area (Å²) in [5, 5.41) is 2.91. The molecule has 134 valence electrons. The van der Waals surface area contributed by atoms with E-state index < -0.39 is 0 Å². The van der Waals surface area contributed by atoms with Crippen molar-refractivity contribution in [2.75, 3.05) is 6.54 Å². The lowest BCUT2D eigenvalue weighted by Gasteiger charge is -2.11. The average molecular weight is 349 g/mol. The van der Waals surface area contributed by atoms with Gasteiger partial charge in [-0.3, -0.25) is 9.59 Å². The molecule has 2 aromatic carbocycles. The van der Waals surface area contributed by atoms with Gasteiger partial charge >= 0.3 is 0 Å². The minimum Gasteiger partial charge on any atom is -0.488 e. The molecule has 1 aliphatic heterocycles. The maximum Gasteiger partial charge on any atom is 0.220 e.